The third kappa shape index (κ3) is 5.61. The van der Waals surface area contributed by atoms with Gasteiger partial charge in [-0.05, 0) is 51.7 Å². The van der Waals surface area contributed by atoms with Gasteiger partial charge >= 0.3 is 6.03 Å². The molecule has 166 valence electrons. The summed E-state index contributed by atoms with van der Waals surface area (Å²) in [5, 5.41) is 3.05. The minimum Gasteiger partial charge on any atom is -0.366 e. The number of aryl methyl sites for hydroxylation is 1. The predicted octanol–water partition coefficient (Wildman–Crippen LogP) is 3.47. The minimum atomic E-state index is -0.405. The van der Waals surface area contributed by atoms with Crippen LogP contribution in [0.2, 0.25) is 0 Å². The van der Waals surface area contributed by atoms with Crippen LogP contribution in [-0.2, 0) is 0 Å². The first-order valence-corrected chi connectivity index (χ1v) is 10.6. The molecule has 0 bridgehead atoms. The Bertz CT molecular complexity index is 922. The number of hydrogen-bond donors (Lipinski definition) is 1. The van der Waals surface area contributed by atoms with Crippen molar-refractivity contribution in [3.63, 3.8) is 0 Å². The van der Waals surface area contributed by atoms with E-state index in [1.165, 1.54) is 18.6 Å². The highest BCUT2D eigenvalue weighted by atomic mass is 19.1. The maximum Gasteiger partial charge on any atom is 0.317 e. The highest BCUT2D eigenvalue weighted by molar-refractivity contribution is 5.94. The van der Waals surface area contributed by atoms with Crippen molar-refractivity contribution in [2.24, 2.45) is 0 Å². The Hall–Kier alpha value is -2.93. The second-order valence-corrected chi connectivity index (χ2v) is 8.27. The molecule has 0 aromatic heterocycles. The van der Waals surface area contributed by atoms with Crippen LogP contribution in [0.15, 0.2) is 42.5 Å². The lowest BCUT2D eigenvalue weighted by atomic mass is 10.0. The molecule has 1 fully saturated rings. The number of anilines is 1. The number of urea groups is 1. The highest BCUT2D eigenvalue weighted by Crippen LogP contribution is 2.23. The molecular formula is C24H31FN4O2. The fourth-order valence-corrected chi connectivity index (χ4v) is 3.82. The lowest BCUT2D eigenvalue weighted by molar-refractivity contribution is 0.101. The third-order valence-corrected chi connectivity index (χ3v) is 5.79. The Morgan fingerprint density at radius 1 is 1.06 bits per heavy atom. The third-order valence-electron chi connectivity index (χ3n) is 5.79. The molecule has 1 saturated heterocycles. The summed E-state index contributed by atoms with van der Waals surface area (Å²) in [5.74, 6) is -0.564. The quantitative estimate of drug-likeness (QED) is 0.719. The number of carbonyl (C=O) groups is 2. The number of piperazine rings is 1. The minimum absolute atomic E-state index is 0.0831. The number of hydrogen-bond acceptors (Lipinski definition) is 4. The zero-order valence-electron chi connectivity index (χ0n) is 18.7. The van der Waals surface area contributed by atoms with E-state index in [4.69, 9.17) is 0 Å². The molecule has 1 N–H and O–H groups in total. The topological polar surface area (TPSA) is 55.9 Å². The number of likely N-dealkylation sites (N-methyl/N-ethyl adjacent to an activating group) is 1. The van der Waals surface area contributed by atoms with Gasteiger partial charge in [0.1, 0.15) is 5.82 Å². The monoisotopic (exact) mass is 426 g/mol. The van der Waals surface area contributed by atoms with Crippen molar-refractivity contribution in [1.82, 2.24) is 15.1 Å². The average Bonchev–Trinajstić information content (AvgIpc) is 2.74. The van der Waals surface area contributed by atoms with Gasteiger partial charge in [0.25, 0.3) is 0 Å². The summed E-state index contributed by atoms with van der Waals surface area (Å²) in [5.41, 5.74) is 3.20. The van der Waals surface area contributed by atoms with E-state index >= 15 is 0 Å². The molecule has 3 rings (SSSR count). The Morgan fingerprint density at radius 2 is 1.71 bits per heavy atom. The van der Waals surface area contributed by atoms with Crippen molar-refractivity contribution >= 4 is 17.5 Å². The number of amides is 2. The molecule has 0 saturated carbocycles. The van der Waals surface area contributed by atoms with E-state index in [1.807, 2.05) is 19.0 Å². The Balaban J connectivity index is 1.55. The highest BCUT2D eigenvalue weighted by Gasteiger charge is 2.24. The van der Waals surface area contributed by atoms with E-state index in [-0.39, 0.29) is 17.9 Å². The SMILES string of the molecule is CC(=O)c1ccc(N2CCN(C(=O)NCC(c3ccc(C)cc3)N(C)C)CC2)c(F)c1. The van der Waals surface area contributed by atoms with E-state index in [1.54, 1.807) is 17.0 Å². The average molecular weight is 427 g/mol. The second kappa shape index (κ2) is 9.92. The Kier molecular flexibility index (Phi) is 7.28. The number of halogens is 1. The second-order valence-electron chi connectivity index (χ2n) is 8.27. The van der Waals surface area contributed by atoms with Crippen LogP contribution in [0.25, 0.3) is 0 Å². The molecule has 0 radical (unpaired) electrons. The lowest BCUT2D eigenvalue weighted by Gasteiger charge is -2.36. The molecule has 0 aliphatic carbocycles. The van der Waals surface area contributed by atoms with Crippen molar-refractivity contribution in [3.05, 3.63) is 65.0 Å². The summed E-state index contributed by atoms with van der Waals surface area (Å²) >= 11 is 0. The molecule has 1 aliphatic rings. The van der Waals surface area contributed by atoms with Crippen LogP contribution in [-0.4, -0.2) is 68.4 Å². The normalized spacial score (nSPS) is 15.2. The Labute approximate surface area is 183 Å². The standard InChI is InChI=1S/C24H31FN4O2/c1-17-5-7-19(8-6-17)23(27(3)4)16-26-24(31)29-13-11-28(12-14-29)22-10-9-20(18(2)30)15-21(22)25/h5-10,15,23H,11-14,16H2,1-4H3,(H,26,31). The molecule has 2 aromatic carbocycles. The molecule has 2 amide bonds. The number of nitrogens with one attached hydrogen (secondary N) is 1. The summed E-state index contributed by atoms with van der Waals surface area (Å²) in [6.45, 7) is 6.09. The van der Waals surface area contributed by atoms with Crippen molar-refractivity contribution in [2.75, 3.05) is 51.7 Å². The number of Topliss-reactive ketones (excluding diaryl/α,β-unsaturated/α-hetero) is 1. The molecule has 7 heteroatoms. The molecule has 31 heavy (non-hydrogen) atoms. The largest absolute Gasteiger partial charge is 0.366 e. The van der Waals surface area contributed by atoms with Crippen molar-refractivity contribution in [2.45, 2.75) is 19.9 Å². The van der Waals surface area contributed by atoms with Gasteiger partial charge in [-0.2, -0.15) is 0 Å². The van der Waals surface area contributed by atoms with Gasteiger partial charge in [-0.1, -0.05) is 29.8 Å². The van der Waals surface area contributed by atoms with E-state index in [9.17, 15) is 14.0 Å². The number of ketones is 1. The summed E-state index contributed by atoms with van der Waals surface area (Å²) in [4.78, 5) is 29.9. The molecule has 6 nitrogen and oxygen atoms in total. The number of carbonyl (C=O) groups excluding carboxylic acids is 2. The molecule has 1 heterocycles. The first-order chi connectivity index (χ1) is 14.8. The lowest BCUT2D eigenvalue weighted by Crippen LogP contribution is -2.52. The zero-order chi connectivity index (χ0) is 22.5. The van der Waals surface area contributed by atoms with Crippen molar-refractivity contribution in [1.29, 1.82) is 0 Å². The first-order valence-electron chi connectivity index (χ1n) is 10.6. The predicted molar refractivity (Wildman–Crippen MR) is 121 cm³/mol. The van der Waals surface area contributed by atoms with Gasteiger partial charge in [-0.25, -0.2) is 9.18 Å². The zero-order valence-corrected chi connectivity index (χ0v) is 18.7. The van der Waals surface area contributed by atoms with Crippen LogP contribution in [0.1, 0.15) is 34.5 Å². The summed E-state index contributed by atoms with van der Waals surface area (Å²) in [6.07, 6.45) is 0. The van der Waals surface area contributed by atoms with Gasteiger partial charge in [0.05, 0.1) is 11.7 Å². The van der Waals surface area contributed by atoms with Gasteiger partial charge in [0.15, 0.2) is 5.78 Å². The van der Waals surface area contributed by atoms with Gasteiger partial charge < -0.3 is 20.0 Å². The van der Waals surface area contributed by atoms with E-state index in [0.717, 1.165) is 5.56 Å². The fourth-order valence-electron chi connectivity index (χ4n) is 3.82. The van der Waals surface area contributed by atoms with Crippen LogP contribution >= 0.6 is 0 Å². The van der Waals surface area contributed by atoms with Gasteiger partial charge in [-0.15, -0.1) is 0 Å². The molecule has 0 spiro atoms. The summed E-state index contributed by atoms with van der Waals surface area (Å²) < 4.78 is 14.4. The van der Waals surface area contributed by atoms with Crippen LogP contribution in [0, 0.1) is 12.7 Å². The van der Waals surface area contributed by atoms with Crippen molar-refractivity contribution < 1.29 is 14.0 Å². The summed E-state index contributed by atoms with van der Waals surface area (Å²) in [7, 11) is 4.00. The van der Waals surface area contributed by atoms with Gasteiger partial charge in [0.2, 0.25) is 0 Å². The number of benzene rings is 2. The number of rotatable bonds is 6. The molecule has 1 atom stereocenters. The van der Waals surface area contributed by atoms with E-state index < -0.39 is 5.82 Å². The summed E-state index contributed by atoms with van der Waals surface area (Å²) in [6, 6.07) is 12.9. The maximum atomic E-state index is 14.4. The molecule has 1 aliphatic heterocycles. The van der Waals surface area contributed by atoms with Crippen LogP contribution in [0.5, 0.6) is 0 Å². The Morgan fingerprint density at radius 3 is 2.26 bits per heavy atom. The smallest absolute Gasteiger partial charge is 0.317 e. The van der Waals surface area contributed by atoms with Crippen molar-refractivity contribution in [3.8, 4) is 0 Å². The fraction of sp³-hybridized carbons (Fsp3) is 0.417. The van der Waals surface area contributed by atoms with E-state index in [2.05, 4.69) is 41.4 Å². The van der Waals surface area contributed by atoms with Gasteiger partial charge in [-0.3, -0.25) is 4.79 Å². The maximum absolute atomic E-state index is 14.4. The first kappa shape index (κ1) is 22.7. The van der Waals surface area contributed by atoms with Gasteiger partial charge in [0, 0.05) is 38.3 Å². The van der Waals surface area contributed by atoms with Crippen LogP contribution in [0.4, 0.5) is 14.9 Å². The molecule has 1 unspecified atom stereocenters. The van der Waals surface area contributed by atoms with E-state index in [0.29, 0.717) is 44.0 Å². The molecular weight excluding hydrogens is 395 g/mol. The number of nitrogens with zero attached hydrogens (tertiary/aromatic N) is 3. The van der Waals surface area contributed by atoms with Crippen LogP contribution < -0.4 is 10.2 Å². The van der Waals surface area contributed by atoms with Crippen LogP contribution in [0.3, 0.4) is 0 Å². The molecule has 2 aromatic rings.